The second-order valence-electron chi connectivity index (χ2n) is 8.22. The largest absolute Gasteiger partial charge is 0.506 e. The lowest BCUT2D eigenvalue weighted by molar-refractivity contribution is -0.154. The predicted molar refractivity (Wildman–Crippen MR) is 104 cm³/mol. The van der Waals surface area contributed by atoms with Gasteiger partial charge in [-0.15, -0.1) is 0 Å². The van der Waals surface area contributed by atoms with Gasteiger partial charge in [0.1, 0.15) is 11.9 Å². The van der Waals surface area contributed by atoms with Gasteiger partial charge >= 0.3 is 5.97 Å². The van der Waals surface area contributed by atoms with Crippen molar-refractivity contribution in [3.63, 3.8) is 0 Å². The molecule has 0 aromatic heterocycles. The van der Waals surface area contributed by atoms with Gasteiger partial charge in [-0.3, -0.25) is 4.79 Å². The van der Waals surface area contributed by atoms with E-state index in [1.54, 1.807) is 0 Å². The molecule has 0 amide bonds. The molecule has 136 valence electrons. The summed E-state index contributed by atoms with van der Waals surface area (Å²) in [4.78, 5) is 11.5. The number of carbonyl (C=O) groups is 1. The van der Waals surface area contributed by atoms with E-state index in [-0.39, 0.29) is 17.5 Å². The van der Waals surface area contributed by atoms with Crippen LogP contribution in [0, 0.1) is 17.3 Å². The molecule has 5 heteroatoms. The van der Waals surface area contributed by atoms with E-state index >= 15 is 0 Å². The Bertz CT molecular complexity index is 732. The van der Waals surface area contributed by atoms with Gasteiger partial charge in [-0.25, -0.2) is 0 Å². The molecule has 5 atom stereocenters. The number of phenols is 1. The van der Waals surface area contributed by atoms with Crippen molar-refractivity contribution in [1.82, 2.24) is 0 Å². The molecule has 4 rings (SSSR count). The van der Waals surface area contributed by atoms with E-state index in [0.29, 0.717) is 23.5 Å². The molecule has 3 nitrogen and oxygen atoms in total. The number of fused-ring (bicyclic) bond motifs is 5. The molecule has 1 aromatic carbocycles. The smallest absolute Gasteiger partial charge is 0.302 e. The van der Waals surface area contributed by atoms with Crippen LogP contribution >= 0.6 is 31.9 Å². The Morgan fingerprint density at radius 1 is 1.28 bits per heavy atom. The fourth-order valence-electron chi connectivity index (χ4n) is 5.98. The normalized spacial score (nSPS) is 36.3. The minimum absolute atomic E-state index is 0.0793. The summed E-state index contributed by atoms with van der Waals surface area (Å²) in [7, 11) is 0. The Kier molecular flexibility index (Phi) is 4.47. The fourth-order valence-corrected chi connectivity index (χ4v) is 7.34. The summed E-state index contributed by atoms with van der Waals surface area (Å²) in [5, 5.41) is 10.2. The van der Waals surface area contributed by atoms with Crippen LogP contribution in [0.1, 0.15) is 63.0 Å². The molecule has 5 unspecified atom stereocenters. The Morgan fingerprint density at radius 3 is 2.76 bits per heavy atom. The molecule has 0 saturated heterocycles. The van der Waals surface area contributed by atoms with Crippen molar-refractivity contribution in [3.05, 3.63) is 26.1 Å². The quantitative estimate of drug-likeness (QED) is 0.534. The zero-order chi connectivity index (χ0) is 17.9. The van der Waals surface area contributed by atoms with E-state index in [9.17, 15) is 9.90 Å². The van der Waals surface area contributed by atoms with Gasteiger partial charge in [0.05, 0.1) is 8.95 Å². The van der Waals surface area contributed by atoms with E-state index in [0.717, 1.165) is 47.5 Å². The number of halogens is 2. The lowest BCUT2D eigenvalue weighted by Crippen LogP contribution is -2.45. The summed E-state index contributed by atoms with van der Waals surface area (Å²) < 4.78 is 7.33. The molecule has 0 spiro atoms. The fraction of sp³-hybridized carbons (Fsp3) is 0.650. The summed E-state index contributed by atoms with van der Waals surface area (Å²) in [5.74, 6) is 1.98. The van der Waals surface area contributed by atoms with E-state index in [2.05, 4.69) is 44.8 Å². The monoisotopic (exact) mass is 470 g/mol. The summed E-state index contributed by atoms with van der Waals surface area (Å²) in [5.41, 5.74) is 2.79. The third-order valence-corrected chi connectivity index (χ3v) is 8.57. The molecule has 2 saturated carbocycles. The first kappa shape index (κ1) is 17.8. The number of rotatable bonds is 1. The Balaban J connectivity index is 1.68. The second kappa shape index (κ2) is 6.26. The van der Waals surface area contributed by atoms with Crippen molar-refractivity contribution in [3.8, 4) is 5.75 Å². The lowest BCUT2D eigenvalue weighted by atomic mass is 9.55. The van der Waals surface area contributed by atoms with Crippen molar-refractivity contribution < 1.29 is 14.6 Å². The number of aromatic hydroxyl groups is 1. The number of esters is 1. The van der Waals surface area contributed by atoms with E-state index in [1.165, 1.54) is 18.1 Å². The zero-order valence-corrected chi connectivity index (χ0v) is 17.8. The maximum atomic E-state index is 11.5. The van der Waals surface area contributed by atoms with Crippen LogP contribution in [0.15, 0.2) is 15.0 Å². The third-order valence-electron chi connectivity index (χ3n) is 7.12. The average Bonchev–Trinajstić information content (AvgIpc) is 2.89. The molecule has 0 heterocycles. The van der Waals surface area contributed by atoms with Gasteiger partial charge in [0.15, 0.2) is 0 Å². The topological polar surface area (TPSA) is 46.5 Å². The maximum Gasteiger partial charge on any atom is 0.302 e. The van der Waals surface area contributed by atoms with Crippen molar-refractivity contribution in [2.45, 2.75) is 64.4 Å². The van der Waals surface area contributed by atoms with Gasteiger partial charge in [0.2, 0.25) is 0 Å². The Hall–Kier alpha value is -0.550. The van der Waals surface area contributed by atoms with Crippen LogP contribution in [0.3, 0.4) is 0 Å². The number of hydrogen-bond acceptors (Lipinski definition) is 3. The van der Waals surface area contributed by atoms with Crippen molar-refractivity contribution in [2.24, 2.45) is 17.3 Å². The SMILES string of the molecule is CC(=O)OC1CCC2C3CCc4c(cc(Br)c(O)c4Br)C3CCC12C. The molecule has 25 heavy (non-hydrogen) atoms. The Labute approximate surface area is 165 Å². The molecule has 3 aliphatic rings. The minimum atomic E-state index is -0.147. The van der Waals surface area contributed by atoms with Gasteiger partial charge in [-0.2, -0.15) is 0 Å². The first-order valence-electron chi connectivity index (χ1n) is 9.20. The van der Waals surface area contributed by atoms with E-state index in [1.807, 2.05) is 0 Å². The number of benzene rings is 1. The molecule has 0 aliphatic heterocycles. The highest BCUT2D eigenvalue weighted by molar-refractivity contribution is 9.11. The highest BCUT2D eigenvalue weighted by Crippen LogP contribution is 2.62. The number of phenolic OH excluding ortho intramolecular Hbond substituents is 1. The first-order valence-corrected chi connectivity index (χ1v) is 10.8. The van der Waals surface area contributed by atoms with Gasteiger partial charge in [-0.05, 0) is 105 Å². The molecule has 1 N–H and O–H groups in total. The number of hydrogen-bond donors (Lipinski definition) is 1. The first-order chi connectivity index (χ1) is 11.8. The summed E-state index contributed by atoms with van der Waals surface area (Å²) in [6.07, 6.45) is 6.63. The van der Waals surface area contributed by atoms with Crippen molar-refractivity contribution in [2.75, 3.05) is 0 Å². The molecule has 0 bridgehead atoms. The van der Waals surface area contributed by atoms with Crippen LogP contribution in [0.25, 0.3) is 0 Å². The summed E-state index contributed by atoms with van der Waals surface area (Å²) in [6.45, 7) is 3.87. The molecule has 0 radical (unpaired) electrons. The standard InChI is InChI=1S/C20H24Br2O3/c1-10(23)25-17-6-5-15-12-3-4-13-14(9-16(21)19(24)18(13)22)11(12)7-8-20(15,17)2/h9,11-12,15,17,24H,3-8H2,1-2H3. The molecule has 3 aliphatic carbocycles. The molecule has 1 aromatic rings. The van der Waals surface area contributed by atoms with Crippen molar-refractivity contribution >= 4 is 37.8 Å². The lowest BCUT2D eigenvalue weighted by Gasteiger charge is -2.50. The van der Waals surface area contributed by atoms with Crippen molar-refractivity contribution in [1.29, 1.82) is 0 Å². The van der Waals surface area contributed by atoms with Gasteiger partial charge < -0.3 is 9.84 Å². The van der Waals surface area contributed by atoms with Crippen LogP contribution in [0.5, 0.6) is 5.75 Å². The molecular formula is C20H24Br2O3. The van der Waals surface area contributed by atoms with Crippen LogP contribution < -0.4 is 0 Å². The van der Waals surface area contributed by atoms with Gasteiger partial charge in [0, 0.05) is 12.3 Å². The maximum absolute atomic E-state index is 11.5. The second-order valence-corrected chi connectivity index (χ2v) is 9.87. The predicted octanol–water partition coefficient (Wildman–Crippen LogP) is 5.71. The number of ether oxygens (including phenoxy) is 1. The highest BCUT2D eigenvalue weighted by atomic mass is 79.9. The van der Waals surface area contributed by atoms with E-state index in [4.69, 9.17) is 4.74 Å². The van der Waals surface area contributed by atoms with Crippen LogP contribution in [0.4, 0.5) is 0 Å². The average molecular weight is 472 g/mol. The summed E-state index contributed by atoms with van der Waals surface area (Å²) >= 11 is 7.11. The zero-order valence-electron chi connectivity index (χ0n) is 14.6. The number of carbonyl (C=O) groups excluding carboxylic acids is 1. The molecule has 2 fully saturated rings. The van der Waals surface area contributed by atoms with Crippen LogP contribution in [-0.2, 0) is 16.0 Å². The summed E-state index contributed by atoms with van der Waals surface area (Å²) in [6, 6.07) is 2.13. The van der Waals surface area contributed by atoms with Crippen LogP contribution in [-0.4, -0.2) is 17.2 Å². The van der Waals surface area contributed by atoms with Gasteiger partial charge in [-0.1, -0.05) is 6.92 Å². The third kappa shape index (κ3) is 2.68. The minimum Gasteiger partial charge on any atom is -0.506 e. The molecular weight excluding hydrogens is 448 g/mol. The van der Waals surface area contributed by atoms with Crippen LogP contribution in [0.2, 0.25) is 0 Å². The van der Waals surface area contributed by atoms with E-state index < -0.39 is 0 Å². The van der Waals surface area contributed by atoms with Gasteiger partial charge in [0.25, 0.3) is 0 Å². The Morgan fingerprint density at radius 2 is 2.04 bits per heavy atom. The highest BCUT2D eigenvalue weighted by Gasteiger charge is 2.56.